The van der Waals surface area contributed by atoms with E-state index in [1.807, 2.05) is 0 Å². The SMILES string of the molecule is COC(=O)c1ccc(CN2C(=O)N/C(=C\c3ccc(OCC(=O)Nc4ccc(F)cc4)c(OC)c3)C2=O)o1. The topological polar surface area (TPSA) is 136 Å². The molecule has 196 valence electrons. The molecule has 0 aliphatic carbocycles. The summed E-state index contributed by atoms with van der Waals surface area (Å²) in [4.78, 5) is 49.8. The Bertz CT molecular complexity index is 1410. The predicted molar refractivity (Wildman–Crippen MR) is 131 cm³/mol. The molecule has 11 nitrogen and oxygen atoms in total. The zero-order chi connectivity index (χ0) is 27.2. The third-order valence-electron chi connectivity index (χ3n) is 5.31. The van der Waals surface area contributed by atoms with Crippen LogP contribution in [-0.2, 0) is 20.9 Å². The van der Waals surface area contributed by atoms with Crippen molar-refractivity contribution in [3.63, 3.8) is 0 Å². The van der Waals surface area contributed by atoms with Crippen LogP contribution in [0.2, 0.25) is 0 Å². The number of imide groups is 1. The van der Waals surface area contributed by atoms with Gasteiger partial charge in [0, 0.05) is 5.69 Å². The third kappa shape index (κ3) is 5.98. The number of nitrogens with zero attached hydrogens (tertiary/aromatic N) is 1. The minimum Gasteiger partial charge on any atom is -0.493 e. The van der Waals surface area contributed by atoms with Crippen LogP contribution >= 0.6 is 0 Å². The van der Waals surface area contributed by atoms with Gasteiger partial charge in [-0.1, -0.05) is 6.07 Å². The van der Waals surface area contributed by atoms with Crippen molar-refractivity contribution in [1.29, 1.82) is 0 Å². The number of carbonyl (C=O) groups is 4. The number of hydrogen-bond donors (Lipinski definition) is 2. The monoisotopic (exact) mass is 523 g/mol. The minimum atomic E-state index is -0.677. The van der Waals surface area contributed by atoms with Crippen LogP contribution in [-0.4, -0.2) is 49.5 Å². The number of benzene rings is 2. The molecule has 1 aliphatic heterocycles. The van der Waals surface area contributed by atoms with Crippen molar-refractivity contribution in [2.75, 3.05) is 26.1 Å². The lowest BCUT2D eigenvalue weighted by atomic mass is 10.1. The average molecular weight is 523 g/mol. The summed E-state index contributed by atoms with van der Waals surface area (Å²) < 4.78 is 33.8. The highest BCUT2D eigenvalue weighted by molar-refractivity contribution is 6.13. The Hall–Kier alpha value is -5.13. The molecule has 1 fully saturated rings. The number of anilines is 1. The molecule has 0 radical (unpaired) electrons. The highest BCUT2D eigenvalue weighted by atomic mass is 19.1. The maximum Gasteiger partial charge on any atom is 0.373 e. The Balaban J connectivity index is 1.40. The summed E-state index contributed by atoms with van der Waals surface area (Å²) in [5, 5.41) is 5.08. The van der Waals surface area contributed by atoms with E-state index in [1.165, 1.54) is 56.7 Å². The summed E-state index contributed by atoms with van der Waals surface area (Å²) in [6, 6.07) is 12.2. The second-order valence-corrected chi connectivity index (χ2v) is 7.89. The second kappa shape index (κ2) is 11.3. The van der Waals surface area contributed by atoms with E-state index in [0.29, 0.717) is 11.3 Å². The molecule has 4 rings (SSSR count). The fourth-order valence-corrected chi connectivity index (χ4v) is 3.48. The highest BCUT2D eigenvalue weighted by Crippen LogP contribution is 2.29. The molecule has 4 amide bonds. The zero-order valence-electron chi connectivity index (χ0n) is 20.3. The predicted octanol–water partition coefficient (Wildman–Crippen LogP) is 3.32. The van der Waals surface area contributed by atoms with E-state index in [0.717, 1.165) is 4.90 Å². The highest BCUT2D eigenvalue weighted by Gasteiger charge is 2.34. The van der Waals surface area contributed by atoms with Gasteiger partial charge in [0.1, 0.15) is 17.3 Å². The Kier molecular flexibility index (Phi) is 7.71. The second-order valence-electron chi connectivity index (χ2n) is 7.89. The number of ether oxygens (including phenoxy) is 3. The fraction of sp³-hybridized carbons (Fsp3) is 0.154. The van der Waals surface area contributed by atoms with Gasteiger partial charge in [-0.05, 0) is 60.2 Å². The Morgan fingerprint density at radius 2 is 1.82 bits per heavy atom. The molecule has 1 saturated heterocycles. The van der Waals surface area contributed by atoms with Crippen LogP contribution in [0.5, 0.6) is 11.5 Å². The van der Waals surface area contributed by atoms with Crippen molar-refractivity contribution in [3.8, 4) is 11.5 Å². The van der Waals surface area contributed by atoms with Crippen LogP contribution in [0.25, 0.3) is 6.08 Å². The van der Waals surface area contributed by atoms with Crippen molar-refractivity contribution < 1.29 is 42.2 Å². The van der Waals surface area contributed by atoms with Crippen LogP contribution < -0.4 is 20.1 Å². The molecular weight excluding hydrogens is 501 g/mol. The van der Waals surface area contributed by atoms with E-state index < -0.39 is 29.6 Å². The number of furan rings is 1. The summed E-state index contributed by atoms with van der Waals surface area (Å²) in [6.45, 7) is -0.517. The molecule has 12 heteroatoms. The van der Waals surface area contributed by atoms with Gasteiger partial charge >= 0.3 is 12.0 Å². The zero-order valence-corrected chi connectivity index (χ0v) is 20.3. The van der Waals surface area contributed by atoms with Crippen molar-refractivity contribution in [2.24, 2.45) is 0 Å². The molecular formula is C26H22FN3O8. The standard InChI is InChI=1S/C26H22FN3O8/c1-35-22-12-15(3-9-20(22)37-14-23(31)28-17-6-4-16(27)5-7-17)11-19-24(32)30(26(34)29-19)13-18-8-10-21(38-18)25(33)36-2/h3-12H,13-14H2,1-2H3,(H,28,31)(H,29,34)/b19-11-. The summed E-state index contributed by atoms with van der Waals surface area (Å²) in [5.74, 6) is -1.42. The Labute approximate surface area is 215 Å². The van der Waals surface area contributed by atoms with Gasteiger partial charge in [-0.25, -0.2) is 14.0 Å². The van der Waals surface area contributed by atoms with E-state index in [4.69, 9.17) is 13.9 Å². The maximum atomic E-state index is 13.0. The minimum absolute atomic E-state index is 0.0177. The average Bonchev–Trinajstić information content (AvgIpc) is 3.49. The van der Waals surface area contributed by atoms with Crippen LogP contribution in [0.1, 0.15) is 21.9 Å². The molecule has 2 N–H and O–H groups in total. The number of amides is 4. The summed E-state index contributed by atoms with van der Waals surface area (Å²) in [6.07, 6.45) is 1.45. The summed E-state index contributed by atoms with van der Waals surface area (Å²) >= 11 is 0. The molecule has 3 aromatic rings. The molecule has 0 saturated carbocycles. The van der Waals surface area contributed by atoms with E-state index in [-0.39, 0.29) is 41.9 Å². The van der Waals surface area contributed by atoms with Crippen LogP contribution in [0, 0.1) is 5.82 Å². The van der Waals surface area contributed by atoms with Crippen molar-refractivity contribution in [3.05, 3.63) is 83.2 Å². The van der Waals surface area contributed by atoms with E-state index in [9.17, 15) is 23.6 Å². The van der Waals surface area contributed by atoms with Gasteiger partial charge in [-0.15, -0.1) is 0 Å². The first-order chi connectivity index (χ1) is 18.3. The summed E-state index contributed by atoms with van der Waals surface area (Å²) in [5.41, 5.74) is 0.952. The summed E-state index contributed by atoms with van der Waals surface area (Å²) in [7, 11) is 2.62. The fourth-order valence-electron chi connectivity index (χ4n) is 3.48. The molecule has 0 bridgehead atoms. The van der Waals surface area contributed by atoms with Gasteiger partial charge in [0.15, 0.2) is 18.1 Å². The maximum absolute atomic E-state index is 13.0. The van der Waals surface area contributed by atoms with E-state index in [1.54, 1.807) is 18.2 Å². The van der Waals surface area contributed by atoms with Gasteiger partial charge in [0.05, 0.1) is 20.8 Å². The number of halogens is 1. The molecule has 1 aliphatic rings. The van der Waals surface area contributed by atoms with Crippen LogP contribution in [0.15, 0.2) is 64.7 Å². The number of esters is 1. The van der Waals surface area contributed by atoms with Gasteiger partial charge in [0.25, 0.3) is 11.8 Å². The molecule has 0 spiro atoms. The normalized spacial score (nSPS) is 13.9. The van der Waals surface area contributed by atoms with Gasteiger partial charge in [-0.3, -0.25) is 14.5 Å². The first-order valence-corrected chi connectivity index (χ1v) is 11.1. The largest absolute Gasteiger partial charge is 0.493 e. The molecule has 0 atom stereocenters. The quantitative estimate of drug-likeness (QED) is 0.248. The lowest BCUT2D eigenvalue weighted by Gasteiger charge is -2.12. The Morgan fingerprint density at radius 1 is 1.05 bits per heavy atom. The van der Waals surface area contributed by atoms with Gasteiger partial charge in [0.2, 0.25) is 5.76 Å². The number of methoxy groups -OCH3 is 2. The molecule has 1 aromatic heterocycles. The lowest BCUT2D eigenvalue weighted by Crippen LogP contribution is -2.30. The number of urea groups is 1. The van der Waals surface area contributed by atoms with Crippen molar-refractivity contribution >= 4 is 35.6 Å². The van der Waals surface area contributed by atoms with Gasteiger partial charge < -0.3 is 29.3 Å². The molecule has 38 heavy (non-hydrogen) atoms. The van der Waals surface area contributed by atoms with Gasteiger partial charge in [-0.2, -0.15) is 0 Å². The van der Waals surface area contributed by atoms with Crippen LogP contribution in [0.3, 0.4) is 0 Å². The Morgan fingerprint density at radius 3 is 2.53 bits per heavy atom. The first kappa shape index (κ1) is 25.9. The van der Waals surface area contributed by atoms with Crippen molar-refractivity contribution in [1.82, 2.24) is 10.2 Å². The smallest absolute Gasteiger partial charge is 0.373 e. The van der Waals surface area contributed by atoms with Crippen LogP contribution in [0.4, 0.5) is 14.9 Å². The van der Waals surface area contributed by atoms with E-state index >= 15 is 0 Å². The number of carbonyl (C=O) groups excluding carboxylic acids is 4. The molecule has 2 aromatic carbocycles. The third-order valence-corrected chi connectivity index (χ3v) is 5.31. The first-order valence-electron chi connectivity index (χ1n) is 11.1. The number of nitrogens with one attached hydrogen (secondary N) is 2. The molecule has 0 unspecified atom stereocenters. The lowest BCUT2D eigenvalue weighted by molar-refractivity contribution is -0.123. The number of rotatable bonds is 9. The molecule has 2 heterocycles. The number of hydrogen-bond acceptors (Lipinski definition) is 8. The van der Waals surface area contributed by atoms with E-state index in [2.05, 4.69) is 15.4 Å². The van der Waals surface area contributed by atoms with Crippen molar-refractivity contribution in [2.45, 2.75) is 6.54 Å².